The zero-order valence-corrected chi connectivity index (χ0v) is 38.2. The van der Waals surface area contributed by atoms with E-state index in [0.717, 1.165) is 91.3 Å². The Morgan fingerprint density at radius 3 is 2.64 bits per heavy atom. The number of carboxylic acid groups (broad SMARTS) is 1. The number of benzene rings is 3. The number of fused-ring (bicyclic) bond motifs is 4. The van der Waals surface area contributed by atoms with Crippen LogP contribution in [0.3, 0.4) is 0 Å². The first kappa shape index (κ1) is 43.8. The molecule has 12 heteroatoms. The topological polar surface area (TPSA) is 128 Å². The number of hydrogen-bond acceptors (Lipinski definition) is 10. The van der Waals surface area contributed by atoms with Gasteiger partial charge in [-0.15, -0.1) is 0 Å². The van der Waals surface area contributed by atoms with Gasteiger partial charge >= 0.3 is 5.97 Å². The Morgan fingerprint density at radius 1 is 1.00 bits per heavy atom. The van der Waals surface area contributed by atoms with Crippen molar-refractivity contribution in [3.63, 3.8) is 0 Å². The predicted molar refractivity (Wildman–Crippen MR) is 249 cm³/mol. The number of aliphatic carboxylic acids is 1. The van der Waals surface area contributed by atoms with Gasteiger partial charge in [0.05, 0.1) is 31.6 Å². The Bertz CT molecular complexity index is 2470. The van der Waals surface area contributed by atoms with E-state index in [1.807, 2.05) is 54.7 Å². The van der Waals surface area contributed by atoms with Crippen LogP contribution in [0.5, 0.6) is 23.0 Å². The van der Waals surface area contributed by atoms with E-state index >= 15 is 0 Å². The highest BCUT2D eigenvalue weighted by Crippen LogP contribution is 2.58. The largest absolute Gasteiger partial charge is 0.496 e. The van der Waals surface area contributed by atoms with Crippen molar-refractivity contribution < 1.29 is 28.8 Å². The number of nitrogens with one attached hydrogen (secondary N) is 1. The Labute approximate surface area is 381 Å². The number of para-hydroxylation sites is 1. The van der Waals surface area contributed by atoms with Gasteiger partial charge in [-0.25, -0.2) is 14.8 Å². The van der Waals surface area contributed by atoms with Crippen molar-refractivity contribution in [1.82, 2.24) is 19.9 Å². The van der Waals surface area contributed by atoms with E-state index in [9.17, 15) is 9.90 Å². The molecular formula is C52H60ClN5O6. The number of carboxylic acids is 1. The third-order valence-electron chi connectivity index (χ3n) is 14.4. The van der Waals surface area contributed by atoms with Crippen LogP contribution in [0.25, 0.3) is 11.4 Å². The number of pyridine rings is 1. The fourth-order valence-electron chi connectivity index (χ4n) is 11.1. The minimum Gasteiger partial charge on any atom is -0.496 e. The van der Waals surface area contributed by atoms with Crippen LogP contribution in [0.2, 0.25) is 5.02 Å². The average Bonchev–Trinajstić information content (AvgIpc) is 3.41. The summed E-state index contributed by atoms with van der Waals surface area (Å²) in [5.74, 6) is 4.02. The van der Waals surface area contributed by atoms with Crippen LogP contribution < -0.4 is 24.3 Å². The molecule has 1 saturated carbocycles. The normalized spacial score (nSPS) is 24.1. The lowest BCUT2D eigenvalue weighted by Crippen LogP contribution is -2.53. The molecule has 4 atom stereocenters. The Balaban J connectivity index is 0.951. The maximum absolute atomic E-state index is 13.2. The van der Waals surface area contributed by atoms with Crippen molar-refractivity contribution >= 4 is 23.3 Å². The first-order valence-electron chi connectivity index (χ1n) is 23.0. The molecule has 3 aromatic carbocycles. The number of anilines is 1. The molecule has 1 aliphatic heterocycles. The van der Waals surface area contributed by atoms with E-state index in [-0.39, 0.29) is 23.4 Å². The van der Waals surface area contributed by atoms with Crippen LogP contribution in [0.4, 0.5) is 5.69 Å². The van der Waals surface area contributed by atoms with Crippen molar-refractivity contribution in [2.45, 2.75) is 108 Å². The van der Waals surface area contributed by atoms with Gasteiger partial charge in [-0.2, -0.15) is 0 Å². The van der Waals surface area contributed by atoms with Crippen LogP contribution in [-0.2, 0) is 29.6 Å². The SMILES string of the molecule is COc1ccccc1-c1nccc(CN(C)CC2CCOc3cc4c(cc3O2)C2(CCC(Nc3cccc(Cl)c3)(C(=O)O)CC2)C(C[C@@H](C)COc2ccnc3c2[C@H](C)CCC3)C4)n1. The summed E-state index contributed by atoms with van der Waals surface area (Å²) in [7, 11) is 3.75. The number of carbonyl (C=O) groups is 1. The van der Waals surface area contributed by atoms with Crippen LogP contribution in [0.1, 0.15) is 99.2 Å². The van der Waals surface area contributed by atoms with Crippen molar-refractivity contribution in [3.8, 4) is 34.4 Å². The van der Waals surface area contributed by atoms with Crippen molar-refractivity contribution in [1.29, 1.82) is 0 Å². The van der Waals surface area contributed by atoms with Gasteiger partial charge in [0.15, 0.2) is 17.3 Å². The molecule has 64 heavy (non-hydrogen) atoms. The molecule has 2 aromatic heterocycles. The molecule has 3 heterocycles. The van der Waals surface area contributed by atoms with E-state index in [1.54, 1.807) is 25.4 Å². The molecule has 336 valence electrons. The monoisotopic (exact) mass is 885 g/mol. The molecule has 0 radical (unpaired) electrons. The zero-order valence-electron chi connectivity index (χ0n) is 37.4. The molecule has 1 spiro atoms. The summed E-state index contributed by atoms with van der Waals surface area (Å²) in [6, 6.07) is 23.6. The molecule has 0 amide bonds. The molecule has 3 aliphatic carbocycles. The Hall–Kier alpha value is -5.39. The molecule has 5 aromatic rings. The minimum absolute atomic E-state index is 0.111. The maximum atomic E-state index is 13.2. The van der Waals surface area contributed by atoms with Gasteiger partial charge in [0.2, 0.25) is 0 Å². The minimum atomic E-state index is -1.12. The molecule has 11 nitrogen and oxygen atoms in total. The van der Waals surface area contributed by atoms with Gasteiger partial charge in [-0.1, -0.05) is 43.6 Å². The molecule has 9 rings (SSSR count). The van der Waals surface area contributed by atoms with Gasteiger partial charge in [0.1, 0.15) is 23.1 Å². The van der Waals surface area contributed by atoms with E-state index in [4.69, 9.17) is 40.5 Å². The van der Waals surface area contributed by atoms with Gasteiger partial charge in [0, 0.05) is 53.9 Å². The van der Waals surface area contributed by atoms with Crippen molar-refractivity contribution in [3.05, 3.63) is 118 Å². The fourth-order valence-corrected chi connectivity index (χ4v) is 11.3. The zero-order chi connectivity index (χ0) is 44.4. The summed E-state index contributed by atoms with van der Waals surface area (Å²) in [4.78, 5) is 29.6. The lowest BCUT2D eigenvalue weighted by molar-refractivity contribution is -0.144. The number of likely N-dealkylation sites (N-methyl/N-ethyl adjacent to an activating group) is 1. The van der Waals surface area contributed by atoms with Gasteiger partial charge < -0.3 is 29.4 Å². The Morgan fingerprint density at radius 2 is 1.83 bits per heavy atom. The van der Waals surface area contributed by atoms with Gasteiger partial charge in [0.25, 0.3) is 0 Å². The molecule has 1 fully saturated rings. The Kier molecular flexibility index (Phi) is 12.7. The quantitative estimate of drug-likeness (QED) is 0.111. The third kappa shape index (κ3) is 8.98. The number of aromatic nitrogens is 3. The van der Waals surface area contributed by atoms with Crippen molar-refractivity contribution in [2.75, 3.05) is 39.2 Å². The average molecular weight is 887 g/mol. The molecule has 4 aliphatic rings. The third-order valence-corrected chi connectivity index (χ3v) is 14.6. The predicted octanol–water partition coefficient (Wildman–Crippen LogP) is 10.3. The van der Waals surface area contributed by atoms with Crippen molar-refractivity contribution in [2.24, 2.45) is 11.8 Å². The summed E-state index contributed by atoms with van der Waals surface area (Å²) in [5, 5.41) is 14.8. The van der Waals surface area contributed by atoms with Gasteiger partial charge in [-0.3, -0.25) is 9.88 Å². The smallest absolute Gasteiger partial charge is 0.329 e. The second-order valence-corrected chi connectivity index (χ2v) is 19.2. The van der Waals surface area contributed by atoms with Gasteiger partial charge in [-0.05, 0) is 154 Å². The number of rotatable bonds is 14. The first-order valence-corrected chi connectivity index (χ1v) is 23.4. The number of nitrogens with zero attached hydrogens (tertiary/aromatic N) is 4. The highest BCUT2D eigenvalue weighted by molar-refractivity contribution is 6.30. The summed E-state index contributed by atoms with van der Waals surface area (Å²) in [5.41, 5.74) is 6.10. The van der Waals surface area contributed by atoms with Crippen LogP contribution >= 0.6 is 11.6 Å². The maximum Gasteiger partial charge on any atom is 0.329 e. The van der Waals surface area contributed by atoms with E-state index < -0.39 is 11.5 Å². The fraction of sp³-hybridized carbons (Fsp3) is 0.462. The van der Waals surface area contributed by atoms with E-state index in [1.165, 1.54) is 22.4 Å². The van der Waals surface area contributed by atoms with E-state index in [0.29, 0.717) is 55.9 Å². The highest BCUT2D eigenvalue weighted by Gasteiger charge is 2.54. The van der Waals surface area contributed by atoms with Crippen LogP contribution in [0, 0.1) is 11.8 Å². The second kappa shape index (κ2) is 18.6. The highest BCUT2D eigenvalue weighted by atomic mass is 35.5. The molecule has 2 N–H and O–H groups in total. The molecule has 0 saturated heterocycles. The van der Waals surface area contributed by atoms with E-state index in [2.05, 4.69) is 48.2 Å². The molecular weight excluding hydrogens is 826 g/mol. The van der Waals surface area contributed by atoms with Crippen LogP contribution in [-0.4, -0.2) is 76.5 Å². The lowest BCUT2D eigenvalue weighted by Gasteiger charge is -2.47. The summed E-state index contributed by atoms with van der Waals surface area (Å²) < 4.78 is 25.6. The number of ether oxygens (including phenoxy) is 4. The molecule has 2 unspecified atom stereocenters. The number of hydrogen-bond donors (Lipinski definition) is 2. The summed E-state index contributed by atoms with van der Waals surface area (Å²) >= 11 is 6.36. The molecule has 0 bridgehead atoms. The summed E-state index contributed by atoms with van der Waals surface area (Å²) in [6.07, 6.45) is 11.9. The standard InChI is InChI=1S/C52H60ClN5O6/c1-33(32-63-45-16-23-54-43-13-7-9-34(2)48(43)45)25-36-26-35-27-46-47(29-42(35)51(36)18-20-52(21-19-51,50(59)60)57-38-11-8-10-37(53)28-38)64-40(17-24-62-46)31-58(3)30-39-15-22-55-49(56-39)41-12-5-6-14-44(41)61-4/h5-6,8,10-12,14-16,22-23,27-29,33-34,36,40,57H,7,9,13,17-21,24-26,30-32H2,1-4H3,(H,59,60)/t33-,34-,36?,40?,51?,52?/m1/s1. The summed E-state index contributed by atoms with van der Waals surface area (Å²) in [6.45, 7) is 7.03. The number of methoxy groups -OCH3 is 1. The second-order valence-electron chi connectivity index (χ2n) is 18.8. The number of halogens is 1. The van der Waals surface area contributed by atoms with Crippen LogP contribution in [0.15, 0.2) is 85.2 Å². The number of aryl methyl sites for hydroxylation is 1. The lowest BCUT2D eigenvalue weighted by atomic mass is 9.59. The first-order chi connectivity index (χ1) is 31.0.